The highest BCUT2D eigenvalue weighted by Crippen LogP contribution is 2.30. The van der Waals surface area contributed by atoms with E-state index < -0.39 is 21.9 Å². The molecule has 33 heavy (non-hydrogen) atoms. The first-order valence-electron chi connectivity index (χ1n) is 10.8. The van der Waals surface area contributed by atoms with E-state index in [2.05, 4.69) is 0 Å². The predicted octanol–water partition coefficient (Wildman–Crippen LogP) is 1.20. The highest BCUT2D eigenvalue weighted by atomic mass is 32.2. The normalized spacial score (nSPS) is 20.6. The van der Waals surface area contributed by atoms with E-state index >= 15 is 0 Å². The van der Waals surface area contributed by atoms with E-state index in [9.17, 15) is 22.4 Å². The molecule has 2 saturated heterocycles. The van der Waals surface area contributed by atoms with Gasteiger partial charge in [0.2, 0.25) is 15.9 Å². The number of imide groups is 1. The molecule has 0 saturated carbocycles. The highest BCUT2D eigenvalue weighted by Gasteiger charge is 2.47. The van der Waals surface area contributed by atoms with E-state index in [0.717, 1.165) is 21.7 Å². The van der Waals surface area contributed by atoms with Crippen LogP contribution < -0.4 is 9.80 Å². The largest absolute Gasteiger partial charge is 0.322 e. The van der Waals surface area contributed by atoms with Gasteiger partial charge in [0.1, 0.15) is 10.7 Å². The number of nitrogens with one attached hydrogen (secondary N) is 1. The zero-order valence-electron chi connectivity index (χ0n) is 17.8. The lowest BCUT2D eigenvalue weighted by atomic mass is 10.1. The summed E-state index contributed by atoms with van der Waals surface area (Å²) in [6.45, 7) is 1.03. The SMILES string of the molecule is O=C1C[C@@H]([NH+]2CCN(S(=O)(=O)c3ccccc3F)CC2)C(=O)N1c1cccc2ccccc12. The number of hydrogen-bond donors (Lipinski definition) is 1. The number of carbonyl (C=O) groups is 2. The Morgan fingerprint density at radius 2 is 1.55 bits per heavy atom. The monoisotopic (exact) mass is 468 g/mol. The van der Waals surface area contributed by atoms with Gasteiger partial charge < -0.3 is 4.90 Å². The lowest BCUT2D eigenvalue weighted by molar-refractivity contribution is -0.918. The molecule has 2 fully saturated rings. The summed E-state index contributed by atoms with van der Waals surface area (Å²) in [4.78, 5) is 28.0. The van der Waals surface area contributed by atoms with Crippen molar-refractivity contribution >= 4 is 38.3 Å². The summed E-state index contributed by atoms with van der Waals surface area (Å²) in [7, 11) is -3.96. The van der Waals surface area contributed by atoms with Crippen LogP contribution in [0, 0.1) is 5.82 Å². The molecule has 1 N–H and O–H groups in total. The molecule has 3 aromatic rings. The first-order chi connectivity index (χ1) is 15.9. The minimum absolute atomic E-state index is 0.0808. The third-order valence-corrected chi connectivity index (χ3v) is 8.40. The fraction of sp³-hybridized carbons (Fsp3) is 0.250. The van der Waals surface area contributed by atoms with Gasteiger partial charge in [-0.3, -0.25) is 9.59 Å². The highest BCUT2D eigenvalue weighted by molar-refractivity contribution is 7.89. The van der Waals surface area contributed by atoms with E-state index in [-0.39, 0.29) is 36.2 Å². The molecule has 2 aliphatic rings. The van der Waals surface area contributed by atoms with E-state index in [1.807, 2.05) is 36.4 Å². The number of halogens is 1. The number of sulfonamides is 1. The third kappa shape index (κ3) is 3.72. The topological polar surface area (TPSA) is 79.2 Å². The van der Waals surface area contributed by atoms with Crippen molar-refractivity contribution < 1.29 is 27.3 Å². The summed E-state index contributed by atoms with van der Waals surface area (Å²) in [6, 6.07) is 17.9. The van der Waals surface area contributed by atoms with Crippen molar-refractivity contribution in [2.24, 2.45) is 0 Å². The summed E-state index contributed by atoms with van der Waals surface area (Å²) in [5.41, 5.74) is 0.575. The molecule has 0 spiro atoms. The summed E-state index contributed by atoms with van der Waals surface area (Å²) in [5, 5.41) is 1.77. The number of benzene rings is 3. The second-order valence-corrected chi connectivity index (χ2v) is 10.2. The first kappa shape index (κ1) is 21.7. The number of amides is 2. The predicted molar refractivity (Wildman–Crippen MR) is 121 cm³/mol. The number of piperazine rings is 1. The van der Waals surface area contributed by atoms with Crippen molar-refractivity contribution in [2.45, 2.75) is 17.4 Å². The molecule has 0 unspecified atom stereocenters. The second-order valence-electron chi connectivity index (χ2n) is 8.32. The smallest absolute Gasteiger partial charge is 0.292 e. The zero-order chi connectivity index (χ0) is 23.2. The Morgan fingerprint density at radius 1 is 0.879 bits per heavy atom. The van der Waals surface area contributed by atoms with Gasteiger partial charge in [-0.15, -0.1) is 0 Å². The standard InChI is InChI=1S/C24H22FN3O4S/c25-19-9-3-4-11-22(19)33(31,32)27-14-12-26(13-15-27)21-16-23(29)28(24(21)30)20-10-5-7-17-6-1-2-8-18(17)20/h1-11,21H,12-16H2/p+1/t21-/m1/s1. The third-order valence-electron chi connectivity index (χ3n) is 6.47. The summed E-state index contributed by atoms with van der Waals surface area (Å²) < 4.78 is 41.0. The number of hydrogen-bond acceptors (Lipinski definition) is 4. The Kier molecular flexibility index (Phi) is 5.48. The minimum Gasteiger partial charge on any atom is -0.322 e. The molecule has 2 aliphatic heterocycles. The number of rotatable bonds is 4. The Bertz CT molecular complexity index is 1350. The quantitative estimate of drug-likeness (QED) is 0.584. The molecule has 1 atom stereocenters. The maximum atomic E-state index is 14.1. The fourth-order valence-electron chi connectivity index (χ4n) is 4.76. The van der Waals surface area contributed by atoms with Crippen LogP contribution in [-0.4, -0.2) is 56.8 Å². The van der Waals surface area contributed by atoms with Gasteiger partial charge >= 0.3 is 0 Å². The number of fused-ring (bicyclic) bond motifs is 1. The average molecular weight is 469 g/mol. The molecular formula is C24H23FN3O4S+. The maximum Gasteiger partial charge on any atom is 0.292 e. The van der Waals surface area contributed by atoms with E-state index in [0.29, 0.717) is 18.8 Å². The van der Waals surface area contributed by atoms with Gasteiger partial charge in [0, 0.05) is 5.39 Å². The van der Waals surface area contributed by atoms with E-state index in [1.54, 1.807) is 6.07 Å². The lowest BCUT2D eigenvalue weighted by Gasteiger charge is -2.33. The Morgan fingerprint density at radius 3 is 2.30 bits per heavy atom. The van der Waals surface area contributed by atoms with E-state index in [4.69, 9.17) is 0 Å². The van der Waals surface area contributed by atoms with Gasteiger partial charge in [-0.25, -0.2) is 17.7 Å². The van der Waals surface area contributed by atoms with Crippen molar-refractivity contribution in [1.29, 1.82) is 0 Å². The molecule has 0 bridgehead atoms. The van der Waals surface area contributed by atoms with Crippen molar-refractivity contribution in [3.63, 3.8) is 0 Å². The van der Waals surface area contributed by atoms with Crippen molar-refractivity contribution in [1.82, 2.24) is 4.31 Å². The molecular weight excluding hydrogens is 445 g/mol. The number of quaternary nitrogens is 1. The van der Waals surface area contributed by atoms with Gasteiger partial charge in [0.25, 0.3) is 5.91 Å². The molecule has 2 amide bonds. The van der Waals surface area contributed by atoms with Crippen LogP contribution in [-0.2, 0) is 19.6 Å². The molecule has 0 aromatic heterocycles. The maximum absolute atomic E-state index is 14.1. The van der Waals surface area contributed by atoms with Crippen LogP contribution in [0.4, 0.5) is 10.1 Å². The lowest BCUT2D eigenvalue weighted by Crippen LogP contribution is -3.19. The molecule has 3 aromatic carbocycles. The van der Waals surface area contributed by atoms with Crippen LogP contribution >= 0.6 is 0 Å². The van der Waals surface area contributed by atoms with Gasteiger partial charge in [0.15, 0.2) is 6.04 Å². The molecule has 0 aliphatic carbocycles. The van der Waals surface area contributed by atoms with Crippen LogP contribution in [0.5, 0.6) is 0 Å². The molecule has 7 nitrogen and oxygen atoms in total. The van der Waals surface area contributed by atoms with Gasteiger partial charge in [0.05, 0.1) is 38.3 Å². The van der Waals surface area contributed by atoms with Gasteiger partial charge in [-0.2, -0.15) is 4.31 Å². The van der Waals surface area contributed by atoms with Crippen molar-refractivity contribution in [2.75, 3.05) is 31.1 Å². The summed E-state index contributed by atoms with van der Waals surface area (Å²) in [5.74, 6) is -1.30. The van der Waals surface area contributed by atoms with Crippen LogP contribution in [0.2, 0.25) is 0 Å². The fourth-order valence-corrected chi connectivity index (χ4v) is 6.27. The number of carbonyl (C=O) groups excluding carboxylic acids is 2. The van der Waals surface area contributed by atoms with Gasteiger partial charge in [-0.1, -0.05) is 48.5 Å². The van der Waals surface area contributed by atoms with Crippen LogP contribution in [0.3, 0.4) is 0 Å². The average Bonchev–Trinajstić information content (AvgIpc) is 3.12. The number of nitrogens with zero attached hydrogens (tertiary/aromatic N) is 2. The van der Waals surface area contributed by atoms with Crippen LogP contribution in [0.1, 0.15) is 6.42 Å². The van der Waals surface area contributed by atoms with E-state index in [1.165, 1.54) is 27.4 Å². The second kappa shape index (κ2) is 8.33. The molecule has 5 rings (SSSR count). The Labute approximate surface area is 191 Å². The first-order valence-corrected chi connectivity index (χ1v) is 12.3. The molecule has 2 heterocycles. The van der Waals surface area contributed by atoms with Crippen molar-refractivity contribution in [3.8, 4) is 0 Å². The molecule has 9 heteroatoms. The minimum atomic E-state index is -3.96. The van der Waals surface area contributed by atoms with Crippen LogP contribution in [0.25, 0.3) is 10.8 Å². The summed E-state index contributed by atoms with van der Waals surface area (Å²) in [6.07, 6.45) is 0.0808. The molecule has 0 radical (unpaired) electrons. The Hall–Kier alpha value is -3.14. The summed E-state index contributed by atoms with van der Waals surface area (Å²) >= 11 is 0. The Balaban J connectivity index is 1.33. The zero-order valence-corrected chi connectivity index (χ0v) is 18.6. The van der Waals surface area contributed by atoms with Crippen molar-refractivity contribution in [3.05, 3.63) is 72.5 Å². The molecule has 170 valence electrons. The van der Waals surface area contributed by atoms with Gasteiger partial charge in [-0.05, 0) is 23.6 Å². The number of anilines is 1. The van der Waals surface area contributed by atoms with Crippen LogP contribution in [0.15, 0.2) is 71.6 Å².